The number of amides is 2. The first-order chi connectivity index (χ1) is 18.6. The van der Waals surface area contributed by atoms with E-state index in [0.29, 0.717) is 6.42 Å². The Hall–Kier alpha value is -3.75. The molecule has 0 saturated heterocycles. The van der Waals surface area contributed by atoms with Gasteiger partial charge in [0, 0.05) is 12.3 Å². The van der Waals surface area contributed by atoms with Gasteiger partial charge in [-0.1, -0.05) is 85.8 Å². The average molecular weight is 530 g/mol. The highest BCUT2D eigenvalue weighted by atomic mass is 32.2. The van der Waals surface area contributed by atoms with Crippen LogP contribution in [0.2, 0.25) is 0 Å². The van der Waals surface area contributed by atoms with Crippen molar-refractivity contribution in [2.75, 3.05) is 18.9 Å². The maximum absolute atomic E-state index is 13.2. The molecule has 2 atom stereocenters. The molecule has 2 amide bonds. The van der Waals surface area contributed by atoms with E-state index >= 15 is 0 Å². The van der Waals surface area contributed by atoms with Gasteiger partial charge in [0.15, 0.2) is 0 Å². The average Bonchev–Trinajstić information content (AvgIpc) is 3.53. The van der Waals surface area contributed by atoms with Crippen molar-refractivity contribution in [3.63, 3.8) is 0 Å². The van der Waals surface area contributed by atoms with Gasteiger partial charge >= 0.3 is 6.09 Å². The fourth-order valence-corrected chi connectivity index (χ4v) is 5.54. The number of hydroxylamine groups is 1. The quantitative estimate of drug-likeness (QED) is 0.351. The first kappa shape index (κ1) is 25.9. The third-order valence-electron chi connectivity index (χ3n) is 6.66. The van der Waals surface area contributed by atoms with Gasteiger partial charge in [-0.2, -0.15) is 0 Å². The highest BCUT2D eigenvalue weighted by Crippen LogP contribution is 2.44. The number of carbonyl (C=O) groups excluding carboxylic acids is 2. The Labute approximate surface area is 227 Å². The number of benzene rings is 3. The SMILES string of the molecule is CCSC1=CC(CNC(=O)[C@H](Cc2ccccc2)NC(=O)OCC2c3ccccc3-c3ccccc32)ON1. The molecule has 2 aliphatic rings. The zero-order valence-corrected chi connectivity index (χ0v) is 22.0. The van der Waals surface area contributed by atoms with Crippen LogP contribution < -0.4 is 16.1 Å². The Balaban J connectivity index is 1.22. The lowest BCUT2D eigenvalue weighted by Crippen LogP contribution is -2.49. The van der Waals surface area contributed by atoms with Crippen LogP contribution >= 0.6 is 11.8 Å². The van der Waals surface area contributed by atoms with Crippen molar-refractivity contribution in [1.82, 2.24) is 16.1 Å². The van der Waals surface area contributed by atoms with Gasteiger partial charge in [-0.15, -0.1) is 11.8 Å². The molecule has 0 fully saturated rings. The fraction of sp³-hybridized carbons (Fsp3) is 0.267. The number of nitrogens with one attached hydrogen (secondary N) is 3. The highest BCUT2D eigenvalue weighted by molar-refractivity contribution is 8.02. The number of carbonyl (C=O) groups is 2. The van der Waals surface area contributed by atoms with Crippen molar-refractivity contribution >= 4 is 23.8 Å². The number of hydrogen-bond donors (Lipinski definition) is 3. The van der Waals surface area contributed by atoms with Crippen LogP contribution in [-0.2, 0) is 20.8 Å². The lowest BCUT2D eigenvalue weighted by molar-refractivity contribution is -0.123. The highest BCUT2D eigenvalue weighted by Gasteiger charge is 2.30. The normalized spacial score (nSPS) is 16.6. The number of alkyl carbamates (subject to hydrolysis) is 1. The number of rotatable bonds is 10. The fourth-order valence-electron chi connectivity index (χ4n) is 4.87. The topological polar surface area (TPSA) is 88.7 Å². The summed E-state index contributed by atoms with van der Waals surface area (Å²) in [6, 6.07) is 25.2. The first-order valence-electron chi connectivity index (χ1n) is 12.8. The van der Waals surface area contributed by atoms with Crippen LogP contribution in [0.5, 0.6) is 0 Å². The monoisotopic (exact) mass is 529 g/mol. The van der Waals surface area contributed by atoms with Crippen LogP contribution in [0.15, 0.2) is 90.0 Å². The molecule has 0 radical (unpaired) electrons. The Kier molecular flexibility index (Phi) is 8.31. The van der Waals surface area contributed by atoms with Crippen molar-refractivity contribution in [3.8, 4) is 11.1 Å². The Morgan fingerprint density at radius 3 is 2.32 bits per heavy atom. The minimum absolute atomic E-state index is 0.0523. The first-order valence-corrected chi connectivity index (χ1v) is 13.8. The van der Waals surface area contributed by atoms with Crippen molar-refractivity contribution in [2.45, 2.75) is 31.4 Å². The Morgan fingerprint density at radius 1 is 0.974 bits per heavy atom. The number of thioether (sulfide) groups is 1. The Bertz CT molecular complexity index is 1270. The van der Waals surface area contributed by atoms with E-state index in [1.807, 2.05) is 60.7 Å². The zero-order chi connectivity index (χ0) is 26.3. The molecule has 0 bridgehead atoms. The van der Waals surface area contributed by atoms with E-state index in [-0.39, 0.29) is 31.1 Å². The third kappa shape index (κ3) is 6.03. The van der Waals surface area contributed by atoms with Gasteiger partial charge in [0.25, 0.3) is 0 Å². The summed E-state index contributed by atoms with van der Waals surface area (Å²) in [5.74, 6) is 0.573. The summed E-state index contributed by atoms with van der Waals surface area (Å²) in [6.45, 7) is 2.53. The van der Waals surface area contributed by atoms with Gasteiger partial charge < -0.3 is 15.4 Å². The summed E-state index contributed by atoms with van der Waals surface area (Å²) in [7, 11) is 0. The molecule has 1 aliphatic carbocycles. The molecule has 3 N–H and O–H groups in total. The molecule has 5 rings (SSSR count). The van der Waals surface area contributed by atoms with Crippen molar-refractivity contribution in [3.05, 3.63) is 107 Å². The summed E-state index contributed by atoms with van der Waals surface area (Å²) in [4.78, 5) is 31.6. The summed E-state index contributed by atoms with van der Waals surface area (Å²) in [6.07, 6.45) is 1.38. The molecule has 3 aromatic rings. The Morgan fingerprint density at radius 2 is 1.63 bits per heavy atom. The van der Waals surface area contributed by atoms with Gasteiger partial charge in [-0.25, -0.2) is 4.79 Å². The molecule has 0 spiro atoms. The molecular formula is C30H31N3O4S. The van der Waals surface area contributed by atoms with Crippen LogP contribution in [0.25, 0.3) is 11.1 Å². The van der Waals surface area contributed by atoms with E-state index in [4.69, 9.17) is 9.57 Å². The molecular weight excluding hydrogens is 498 g/mol. The smallest absolute Gasteiger partial charge is 0.407 e. The van der Waals surface area contributed by atoms with E-state index in [9.17, 15) is 9.59 Å². The van der Waals surface area contributed by atoms with Gasteiger partial charge in [-0.05, 0) is 39.6 Å². The molecule has 1 heterocycles. The van der Waals surface area contributed by atoms with Gasteiger partial charge in [0.05, 0.1) is 11.6 Å². The van der Waals surface area contributed by atoms with Gasteiger partial charge in [-0.3, -0.25) is 15.1 Å². The molecule has 196 valence electrons. The van der Waals surface area contributed by atoms with E-state index in [2.05, 4.69) is 47.3 Å². The summed E-state index contributed by atoms with van der Waals surface area (Å²) >= 11 is 1.64. The minimum atomic E-state index is -0.795. The van der Waals surface area contributed by atoms with Crippen LogP contribution in [0.4, 0.5) is 4.79 Å². The van der Waals surface area contributed by atoms with Crippen molar-refractivity contribution in [2.24, 2.45) is 0 Å². The van der Waals surface area contributed by atoms with Crippen LogP contribution in [-0.4, -0.2) is 43.1 Å². The molecule has 7 nitrogen and oxygen atoms in total. The molecule has 8 heteroatoms. The summed E-state index contributed by atoms with van der Waals surface area (Å²) in [5.41, 5.74) is 8.41. The van der Waals surface area contributed by atoms with E-state index < -0.39 is 12.1 Å². The second-order valence-corrected chi connectivity index (χ2v) is 10.5. The summed E-state index contributed by atoms with van der Waals surface area (Å²) < 4.78 is 5.70. The maximum Gasteiger partial charge on any atom is 0.407 e. The van der Waals surface area contributed by atoms with E-state index in [1.54, 1.807) is 11.8 Å². The molecule has 38 heavy (non-hydrogen) atoms. The molecule has 1 unspecified atom stereocenters. The van der Waals surface area contributed by atoms with Crippen LogP contribution in [0.1, 0.15) is 29.5 Å². The standard InChI is InChI=1S/C30H31N3O4S/c1-2-38-28-17-21(37-33-28)18-31-29(34)27(16-20-10-4-3-5-11-20)32-30(35)36-19-26-24-14-8-6-12-22(24)23-13-7-9-15-25(23)26/h3-15,17,21,26-27,33H,2,16,18-19H2,1H3,(H,31,34)(H,32,35)/t21?,27-/m0/s1. The second-order valence-electron chi connectivity index (χ2n) is 9.18. The molecule has 0 saturated carbocycles. The number of hydrogen-bond acceptors (Lipinski definition) is 6. The van der Waals surface area contributed by atoms with Crippen LogP contribution in [0.3, 0.4) is 0 Å². The van der Waals surface area contributed by atoms with E-state index in [1.165, 1.54) is 0 Å². The molecule has 1 aliphatic heterocycles. The van der Waals surface area contributed by atoms with Crippen molar-refractivity contribution in [1.29, 1.82) is 0 Å². The van der Waals surface area contributed by atoms with Crippen LogP contribution in [0, 0.1) is 0 Å². The number of fused-ring (bicyclic) bond motifs is 3. The predicted octanol–water partition coefficient (Wildman–Crippen LogP) is 4.75. The lowest BCUT2D eigenvalue weighted by Gasteiger charge is -2.20. The largest absolute Gasteiger partial charge is 0.449 e. The van der Waals surface area contributed by atoms with E-state index in [0.717, 1.165) is 38.6 Å². The van der Waals surface area contributed by atoms with Gasteiger partial charge in [0.1, 0.15) is 18.8 Å². The second kappa shape index (κ2) is 12.2. The number of ether oxygens (including phenoxy) is 1. The van der Waals surface area contributed by atoms with Gasteiger partial charge in [0.2, 0.25) is 5.91 Å². The zero-order valence-electron chi connectivity index (χ0n) is 21.2. The molecule has 0 aromatic heterocycles. The summed E-state index contributed by atoms with van der Waals surface area (Å²) in [5, 5.41) is 6.64. The molecule has 3 aromatic carbocycles. The lowest BCUT2D eigenvalue weighted by atomic mass is 9.98. The minimum Gasteiger partial charge on any atom is -0.449 e. The maximum atomic E-state index is 13.2. The predicted molar refractivity (Wildman–Crippen MR) is 149 cm³/mol. The van der Waals surface area contributed by atoms with Crippen molar-refractivity contribution < 1.29 is 19.2 Å². The third-order valence-corrected chi connectivity index (χ3v) is 7.48.